The summed E-state index contributed by atoms with van der Waals surface area (Å²) in [6.07, 6.45) is -0.288. The number of fused-ring (bicyclic) bond motifs is 3. The number of aromatic nitrogens is 2. The molecule has 0 radical (unpaired) electrons. The minimum atomic E-state index is -3.23. The fourth-order valence-electron chi connectivity index (χ4n) is 5.92. The summed E-state index contributed by atoms with van der Waals surface area (Å²) < 4.78 is 23.4. The molecule has 0 unspecified atom stereocenters. The van der Waals surface area contributed by atoms with Crippen molar-refractivity contribution in [3.63, 3.8) is 0 Å². The van der Waals surface area contributed by atoms with Gasteiger partial charge in [0.05, 0.1) is 28.4 Å². The van der Waals surface area contributed by atoms with Gasteiger partial charge in [-0.25, -0.2) is 4.68 Å². The predicted octanol–water partition coefficient (Wildman–Crippen LogP) is 3.45. The maximum absolute atomic E-state index is 15.5. The summed E-state index contributed by atoms with van der Waals surface area (Å²) in [4.78, 5) is 28.2. The fourth-order valence-corrected chi connectivity index (χ4v) is 8.46. The number of aromatic amines is 1. The first kappa shape index (κ1) is 22.1. The smallest absolute Gasteiger partial charge is 0.279 e. The molecule has 1 saturated heterocycles. The molecule has 33 heavy (non-hydrogen) atoms. The molecule has 1 fully saturated rings. The molecule has 1 aromatic heterocycles. The Kier molecular flexibility index (Phi) is 4.93. The third-order valence-corrected chi connectivity index (χ3v) is 9.80. The lowest BCUT2D eigenvalue weighted by atomic mass is 9.82. The Morgan fingerprint density at radius 2 is 1.94 bits per heavy atom. The van der Waals surface area contributed by atoms with E-state index in [2.05, 4.69) is 5.10 Å². The van der Waals surface area contributed by atoms with Crippen LogP contribution in [0.15, 0.2) is 47.3 Å². The summed E-state index contributed by atoms with van der Waals surface area (Å²) in [7, 11) is -1.54. The molecule has 0 aliphatic carbocycles. The van der Waals surface area contributed by atoms with Crippen molar-refractivity contribution >= 4 is 30.9 Å². The van der Waals surface area contributed by atoms with E-state index < -0.39 is 31.6 Å². The van der Waals surface area contributed by atoms with E-state index in [4.69, 9.17) is 4.74 Å². The van der Waals surface area contributed by atoms with Gasteiger partial charge in [-0.3, -0.25) is 14.7 Å². The number of hydrogen-bond donors (Lipinski definition) is 2. The van der Waals surface area contributed by atoms with E-state index in [9.17, 15) is 14.7 Å². The third kappa shape index (κ3) is 2.99. The monoisotopic (exact) mass is 469 g/mol. The van der Waals surface area contributed by atoms with Crippen LogP contribution in [0.5, 0.6) is 0 Å². The van der Waals surface area contributed by atoms with Crippen LogP contribution in [0, 0.1) is 5.92 Å². The average Bonchev–Trinajstić information content (AvgIpc) is 3.34. The van der Waals surface area contributed by atoms with Crippen molar-refractivity contribution in [3.8, 4) is 5.69 Å². The molecule has 1 amide bonds. The number of carbonyl (C=O) groups is 1. The number of nitrogens with zero attached hydrogens (tertiary/aromatic N) is 2. The number of likely N-dealkylation sites (N-methyl/N-ethyl adjacent to an activating group) is 1. The van der Waals surface area contributed by atoms with E-state index >= 15 is 4.11 Å². The highest BCUT2D eigenvalue weighted by atomic mass is 28.4. The van der Waals surface area contributed by atoms with Crippen LogP contribution in [-0.2, 0) is 15.1 Å². The number of halogens is 1. The van der Waals surface area contributed by atoms with Gasteiger partial charge in [-0.2, -0.15) is 0 Å². The number of rotatable bonds is 4. The molecule has 3 aromatic rings. The zero-order valence-electron chi connectivity index (χ0n) is 19.1. The highest BCUT2D eigenvalue weighted by Crippen LogP contribution is 2.60. The molecule has 2 aromatic carbocycles. The summed E-state index contributed by atoms with van der Waals surface area (Å²) in [5, 5.41) is 13.3. The molecule has 0 bridgehead atoms. The molecule has 1 spiro atoms. The Balaban J connectivity index is 1.69. The second kappa shape index (κ2) is 7.38. The molecular weight excluding hydrogens is 441 g/mol. The first-order valence-corrected chi connectivity index (χ1v) is 14.2. The van der Waals surface area contributed by atoms with Gasteiger partial charge in [0.1, 0.15) is 0 Å². The molecule has 7 nitrogen and oxygen atoms in total. The second-order valence-corrected chi connectivity index (χ2v) is 13.4. The van der Waals surface area contributed by atoms with E-state index in [0.29, 0.717) is 27.8 Å². The predicted molar refractivity (Wildman–Crippen MR) is 127 cm³/mol. The summed E-state index contributed by atoms with van der Waals surface area (Å²) in [5.41, 5.74) is 0.613. The van der Waals surface area contributed by atoms with Crippen molar-refractivity contribution in [3.05, 3.63) is 58.4 Å². The SMILES string of the molecule is C[C@@H]1[C@@H]([Si](C)(C)F)[C@H](CCO)O[C@@]12C(=O)N(C)c1ccc(-n3[nH]c4ccccc4c3=O)cc12. The van der Waals surface area contributed by atoms with Gasteiger partial charge in [0.15, 0.2) is 5.60 Å². The van der Waals surface area contributed by atoms with Crippen LogP contribution in [0.25, 0.3) is 16.6 Å². The van der Waals surface area contributed by atoms with E-state index in [1.165, 1.54) is 4.68 Å². The number of anilines is 1. The fraction of sp³-hybridized carbons (Fsp3) is 0.417. The van der Waals surface area contributed by atoms with Gasteiger partial charge >= 0.3 is 0 Å². The van der Waals surface area contributed by atoms with E-state index in [-0.39, 0.29) is 24.5 Å². The van der Waals surface area contributed by atoms with Gasteiger partial charge in [0, 0.05) is 30.7 Å². The number of para-hydroxylation sites is 1. The lowest BCUT2D eigenvalue weighted by molar-refractivity contribution is -0.146. The average molecular weight is 470 g/mol. The molecule has 3 heterocycles. The number of hydrogen-bond acceptors (Lipinski definition) is 4. The minimum absolute atomic E-state index is 0.143. The van der Waals surface area contributed by atoms with Crippen molar-refractivity contribution in [1.29, 1.82) is 0 Å². The molecular formula is C24H28FN3O4Si. The lowest BCUT2D eigenvalue weighted by Crippen LogP contribution is -2.44. The number of carbonyl (C=O) groups excluding carboxylic acids is 1. The van der Waals surface area contributed by atoms with Crippen LogP contribution < -0.4 is 10.5 Å². The molecule has 0 saturated carbocycles. The van der Waals surface area contributed by atoms with E-state index in [1.54, 1.807) is 49.3 Å². The van der Waals surface area contributed by atoms with Crippen molar-refractivity contribution < 1.29 is 18.7 Å². The normalized spacial score (nSPS) is 27.2. The highest BCUT2D eigenvalue weighted by Gasteiger charge is 2.66. The molecule has 174 valence electrons. The maximum Gasteiger partial charge on any atom is 0.279 e. The standard InChI is InChI=1S/C24H28FN3O4Si/c1-14-21(33(3,4)25)20(11-12-29)32-24(14)17-13-15(9-10-19(17)27(2)23(24)31)28-22(30)16-7-5-6-8-18(16)26-28/h5-10,13-14,20-21,26,29H,11-12H2,1-4H3/t14-,20+,21-,24+/m1/s1. The van der Waals surface area contributed by atoms with Gasteiger partial charge in [0.2, 0.25) is 8.41 Å². The van der Waals surface area contributed by atoms with Crippen LogP contribution >= 0.6 is 0 Å². The molecule has 5 rings (SSSR count). The summed E-state index contributed by atoms with van der Waals surface area (Å²) in [6, 6.07) is 12.6. The largest absolute Gasteiger partial charge is 0.396 e. The number of ether oxygens (including phenoxy) is 1. The molecule has 2 aliphatic heterocycles. The van der Waals surface area contributed by atoms with Crippen LogP contribution in [0.2, 0.25) is 18.6 Å². The maximum atomic E-state index is 15.5. The number of nitrogens with one attached hydrogen (secondary N) is 1. The third-order valence-electron chi connectivity index (χ3n) is 7.34. The molecule has 4 atom stereocenters. The van der Waals surface area contributed by atoms with Crippen LogP contribution in [0.4, 0.5) is 9.80 Å². The summed E-state index contributed by atoms with van der Waals surface area (Å²) in [6.45, 7) is 4.99. The topological polar surface area (TPSA) is 87.6 Å². The minimum Gasteiger partial charge on any atom is -0.396 e. The van der Waals surface area contributed by atoms with Crippen LogP contribution in [0.1, 0.15) is 18.9 Å². The Bertz CT molecular complexity index is 1310. The zero-order chi connectivity index (χ0) is 23.7. The number of aliphatic hydroxyl groups excluding tert-OH is 1. The van der Waals surface area contributed by atoms with Gasteiger partial charge in [0.25, 0.3) is 11.5 Å². The number of benzene rings is 2. The first-order valence-electron chi connectivity index (χ1n) is 11.2. The van der Waals surface area contributed by atoms with Crippen molar-refractivity contribution in [1.82, 2.24) is 9.78 Å². The van der Waals surface area contributed by atoms with Crippen molar-refractivity contribution in [2.24, 2.45) is 5.92 Å². The Morgan fingerprint density at radius 1 is 1.21 bits per heavy atom. The van der Waals surface area contributed by atoms with Gasteiger partial charge in [-0.05, 0) is 49.8 Å². The van der Waals surface area contributed by atoms with Gasteiger partial charge < -0.3 is 18.9 Å². The molecule has 2 aliphatic rings. The summed E-state index contributed by atoms with van der Waals surface area (Å²) >= 11 is 0. The van der Waals surface area contributed by atoms with E-state index in [1.807, 2.05) is 25.1 Å². The van der Waals surface area contributed by atoms with Gasteiger partial charge in [-0.15, -0.1) is 0 Å². The number of aliphatic hydroxyl groups is 1. The van der Waals surface area contributed by atoms with Crippen LogP contribution in [0.3, 0.4) is 0 Å². The quantitative estimate of drug-likeness (QED) is 0.453. The van der Waals surface area contributed by atoms with Gasteiger partial charge in [-0.1, -0.05) is 19.1 Å². The Hall–Kier alpha value is -2.75. The lowest BCUT2D eigenvalue weighted by Gasteiger charge is -2.31. The number of amides is 1. The van der Waals surface area contributed by atoms with E-state index in [0.717, 1.165) is 0 Å². The molecule has 9 heteroatoms. The second-order valence-electron chi connectivity index (χ2n) is 9.65. The van der Waals surface area contributed by atoms with Crippen molar-refractivity contribution in [2.45, 2.75) is 43.7 Å². The molecule has 2 N–H and O–H groups in total. The summed E-state index contributed by atoms with van der Waals surface area (Å²) in [5.74, 6) is -0.665. The zero-order valence-corrected chi connectivity index (χ0v) is 20.1. The Morgan fingerprint density at radius 3 is 2.61 bits per heavy atom. The highest BCUT2D eigenvalue weighted by molar-refractivity contribution is 6.72. The number of H-pyrrole nitrogens is 1. The van der Waals surface area contributed by atoms with Crippen molar-refractivity contribution in [2.75, 3.05) is 18.6 Å². The first-order chi connectivity index (χ1) is 15.6. The Labute approximate surface area is 191 Å². The van der Waals surface area contributed by atoms with Crippen LogP contribution in [-0.4, -0.2) is 49.0 Å².